The van der Waals surface area contributed by atoms with Gasteiger partial charge in [0, 0.05) is 16.9 Å². The monoisotopic (exact) mass is 603 g/mol. The minimum absolute atomic E-state index is 0.0275. The highest BCUT2D eigenvalue weighted by Crippen LogP contribution is 2.42. The maximum absolute atomic E-state index is 9.68. The van der Waals surface area contributed by atoms with Crippen LogP contribution in [-0.2, 0) is 0 Å². The summed E-state index contributed by atoms with van der Waals surface area (Å²) in [5.41, 5.74) is 9.10. The van der Waals surface area contributed by atoms with E-state index in [1.807, 2.05) is 132 Å². The number of hydrogen-bond acceptors (Lipinski definition) is 1. The first kappa shape index (κ1) is 24.1. The van der Waals surface area contributed by atoms with Gasteiger partial charge in [-0.25, -0.2) is 0 Å². The summed E-state index contributed by atoms with van der Waals surface area (Å²) < 4.78 is 37.0. The summed E-state index contributed by atoms with van der Waals surface area (Å²) in [6, 6.07) is 58.3. The summed E-state index contributed by atoms with van der Waals surface area (Å²) in [5.74, 6) is 0. The third-order valence-corrected chi connectivity index (χ3v) is 8.55. The average Bonchev–Trinajstić information content (AvgIpc) is 3.19. The standard InChI is InChI=1S/C46H33N/c1-3-12-34(13-4-1)36-22-24-37(25-23-36)38-28-30-43(31-29-38)47(46-21-10-9-20-45(46)39-15-5-2-6-16-39)44-19-11-18-41(33-44)42-27-26-35-14-7-8-17-40(35)32-42/h1-33H/i11D,18D,19D,33D. The van der Waals surface area contributed by atoms with Crippen molar-refractivity contribution in [1.82, 2.24) is 0 Å². The molecule has 0 aliphatic carbocycles. The minimum atomic E-state index is -0.221. The van der Waals surface area contributed by atoms with E-state index >= 15 is 0 Å². The molecule has 0 spiro atoms. The first-order valence-corrected chi connectivity index (χ1v) is 15.8. The molecule has 0 aliphatic rings. The zero-order valence-electron chi connectivity index (χ0n) is 29.7. The van der Waals surface area contributed by atoms with E-state index in [1.165, 1.54) is 5.56 Å². The molecule has 47 heavy (non-hydrogen) atoms. The Morgan fingerprint density at radius 3 is 1.60 bits per heavy atom. The third kappa shape index (κ3) is 5.83. The molecule has 0 heterocycles. The van der Waals surface area contributed by atoms with Gasteiger partial charge in [0.05, 0.1) is 11.2 Å². The Hall–Kier alpha value is -6.18. The van der Waals surface area contributed by atoms with Crippen molar-refractivity contribution in [3.63, 3.8) is 0 Å². The number of fused-ring (bicyclic) bond motifs is 1. The van der Waals surface area contributed by atoms with E-state index in [4.69, 9.17) is 2.74 Å². The maximum atomic E-state index is 9.68. The molecule has 0 unspecified atom stereocenters. The topological polar surface area (TPSA) is 3.24 Å². The van der Waals surface area contributed by atoms with E-state index in [1.54, 1.807) is 0 Å². The van der Waals surface area contributed by atoms with E-state index in [-0.39, 0.29) is 29.9 Å². The SMILES string of the molecule is [2H]c1c([2H])c(-c2ccc3ccccc3c2)c([2H])c(N(c2ccc(-c3ccc(-c4ccccc4)cc3)cc2)c2ccccc2-c2ccccc2)c1[2H]. The van der Waals surface area contributed by atoms with Crippen LogP contribution in [0.2, 0.25) is 0 Å². The second kappa shape index (κ2) is 12.7. The number of anilines is 3. The van der Waals surface area contributed by atoms with Gasteiger partial charge >= 0.3 is 0 Å². The molecule has 222 valence electrons. The molecule has 0 saturated heterocycles. The molecule has 0 aromatic heterocycles. The van der Waals surface area contributed by atoms with Crippen molar-refractivity contribution in [1.29, 1.82) is 0 Å². The predicted octanol–water partition coefficient (Wildman–Crippen LogP) is 13.0. The van der Waals surface area contributed by atoms with Gasteiger partial charge in [0.2, 0.25) is 0 Å². The summed E-state index contributed by atoms with van der Waals surface area (Å²) in [5, 5.41) is 2.03. The Balaban J connectivity index is 1.30. The lowest BCUT2D eigenvalue weighted by Crippen LogP contribution is -2.11. The quantitative estimate of drug-likeness (QED) is 0.175. The van der Waals surface area contributed by atoms with Crippen LogP contribution in [0.5, 0.6) is 0 Å². The van der Waals surface area contributed by atoms with Crippen LogP contribution >= 0.6 is 0 Å². The first-order valence-electron chi connectivity index (χ1n) is 17.8. The summed E-state index contributed by atoms with van der Waals surface area (Å²) in [4.78, 5) is 1.91. The normalized spacial score (nSPS) is 12.2. The Morgan fingerprint density at radius 2 is 0.894 bits per heavy atom. The van der Waals surface area contributed by atoms with Gasteiger partial charge < -0.3 is 4.90 Å². The van der Waals surface area contributed by atoms with E-state index in [2.05, 4.69) is 48.5 Å². The molecule has 0 atom stereocenters. The number of rotatable bonds is 7. The van der Waals surface area contributed by atoms with Gasteiger partial charge in [-0.1, -0.05) is 164 Å². The lowest BCUT2D eigenvalue weighted by Gasteiger charge is -2.28. The van der Waals surface area contributed by atoms with Crippen molar-refractivity contribution in [2.24, 2.45) is 0 Å². The van der Waals surface area contributed by atoms with Gasteiger partial charge in [0.25, 0.3) is 0 Å². The van der Waals surface area contributed by atoms with Crippen LogP contribution in [0.15, 0.2) is 200 Å². The maximum Gasteiger partial charge on any atom is 0.0651 e. The first-order chi connectivity index (χ1) is 25.0. The molecule has 1 heteroatoms. The highest BCUT2D eigenvalue weighted by molar-refractivity contribution is 5.91. The second-order valence-corrected chi connectivity index (χ2v) is 11.5. The van der Waals surface area contributed by atoms with Crippen molar-refractivity contribution < 1.29 is 5.48 Å². The molecule has 0 amide bonds. The van der Waals surface area contributed by atoms with Gasteiger partial charge in [0.1, 0.15) is 0 Å². The lowest BCUT2D eigenvalue weighted by molar-refractivity contribution is 1.28. The van der Waals surface area contributed by atoms with Crippen LogP contribution in [-0.4, -0.2) is 0 Å². The van der Waals surface area contributed by atoms with E-state index in [0.717, 1.165) is 50.0 Å². The molecule has 0 fully saturated rings. The van der Waals surface area contributed by atoms with Crippen molar-refractivity contribution in [2.45, 2.75) is 0 Å². The van der Waals surface area contributed by atoms with Crippen molar-refractivity contribution in [3.8, 4) is 44.5 Å². The van der Waals surface area contributed by atoms with Gasteiger partial charge in [-0.15, -0.1) is 0 Å². The van der Waals surface area contributed by atoms with Crippen LogP contribution in [0.4, 0.5) is 17.1 Å². The Kier molecular flexibility index (Phi) is 6.50. The zero-order chi connectivity index (χ0) is 34.9. The molecule has 0 aliphatic heterocycles. The number of nitrogens with zero attached hydrogens (tertiary/aromatic N) is 1. The minimum Gasteiger partial charge on any atom is -0.310 e. The van der Waals surface area contributed by atoms with Gasteiger partial charge in [-0.05, 0) is 86.1 Å². The smallest absolute Gasteiger partial charge is 0.0651 e. The van der Waals surface area contributed by atoms with Crippen molar-refractivity contribution >= 4 is 27.8 Å². The Bertz CT molecular complexity index is 2490. The fraction of sp³-hybridized carbons (Fsp3) is 0. The lowest BCUT2D eigenvalue weighted by atomic mass is 9.98. The summed E-state index contributed by atoms with van der Waals surface area (Å²) in [6.45, 7) is 0. The molecule has 1 nitrogen and oxygen atoms in total. The van der Waals surface area contributed by atoms with E-state index in [0.29, 0.717) is 11.1 Å². The molecule has 8 aromatic rings. The van der Waals surface area contributed by atoms with Gasteiger partial charge in [0.15, 0.2) is 0 Å². The highest BCUT2D eigenvalue weighted by atomic mass is 15.1. The van der Waals surface area contributed by atoms with Gasteiger partial charge in [-0.3, -0.25) is 0 Å². The summed E-state index contributed by atoms with van der Waals surface area (Å²) in [7, 11) is 0. The summed E-state index contributed by atoms with van der Waals surface area (Å²) >= 11 is 0. The Morgan fingerprint density at radius 1 is 0.362 bits per heavy atom. The van der Waals surface area contributed by atoms with Gasteiger partial charge in [-0.2, -0.15) is 0 Å². The molecule has 0 bridgehead atoms. The van der Waals surface area contributed by atoms with Crippen molar-refractivity contribution in [2.75, 3.05) is 4.90 Å². The fourth-order valence-electron chi connectivity index (χ4n) is 6.14. The molecule has 8 aromatic carbocycles. The molecular formula is C46H33N. The third-order valence-electron chi connectivity index (χ3n) is 8.55. The zero-order valence-corrected chi connectivity index (χ0v) is 25.7. The van der Waals surface area contributed by atoms with Crippen molar-refractivity contribution in [3.05, 3.63) is 200 Å². The molecule has 0 radical (unpaired) electrons. The molecule has 0 saturated carbocycles. The average molecular weight is 604 g/mol. The van der Waals surface area contributed by atoms with E-state index in [9.17, 15) is 2.74 Å². The highest BCUT2D eigenvalue weighted by Gasteiger charge is 2.18. The largest absolute Gasteiger partial charge is 0.310 e. The van der Waals surface area contributed by atoms with Crippen LogP contribution in [0.3, 0.4) is 0 Å². The van der Waals surface area contributed by atoms with Crippen LogP contribution in [0, 0.1) is 0 Å². The second-order valence-electron chi connectivity index (χ2n) is 11.5. The fourth-order valence-corrected chi connectivity index (χ4v) is 6.14. The van der Waals surface area contributed by atoms with Crippen LogP contribution in [0.25, 0.3) is 55.3 Å². The van der Waals surface area contributed by atoms with Crippen LogP contribution in [0.1, 0.15) is 5.48 Å². The Labute approximate surface area is 282 Å². The predicted molar refractivity (Wildman–Crippen MR) is 200 cm³/mol. The molecule has 0 N–H and O–H groups in total. The number of hydrogen-bond donors (Lipinski definition) is 0. The summed E-state index contributed by atoms with van der Waals surface area (Å²) in [6.07, 6.45) is 0. The molecule has 8 rings (SSSR count). The van der Waals surface area contributed by atoms with Crippen LogP contribution < -0.4 is 4.90 Å². The number of benzene rings is 8. The molecular weight excluding hydrogens is 567 g/mol. The number of para-hydroxylation sites is 1. The van der Waals surface area contributed by atoms with E-state index < -0.39 is 0 Å².